The van der Waals surface area contributed by atoms with Gasteiger partial charge in [0.05, 0.1) is 13.7 Å². The normalized spacial score (nSPS) is 13.8. The van der Waals surface area contributed by atoms with Gasteiger partial charge >= 0.3 is 5.97 Å². The van der Waals surface area contributed by atoms with Crippen LogP contribution in [0.2, 0.25) is 0 Å². The predicted octanol–water partition coefficient (Wildman–Crippen LogP) is 2.38. The maximum Gasteiger partial charge on any atom is 0.321 e. The lowest BCUT2D eigenvalue weighted by Crippen LogP contribution is -2.22. The van der Waals surface area contributed by atoms with Crippen molar-refractivity contribution in [2.45, 2.75) is 32.0 Å². The number of methoxy groups -OCH3 is 1. The van der Waals surface area contributed by atoms with Crippen LogP contribution in [0.4, 0.5) is 0 Å². The van der Waals surface area contributed by atoms with Gasteiger partial charge in [-0.05, 0) is 11.8 Å². The lowest BCUT2D eigenvalue weighted by atomic mass is 9.93. The van der Waals surface area contributed by atoms with Crippen molar-refractivity contribution in [3.63, 3.8) is 0 Å². The molecule has 3 nitrogen and oxygen atoms in total. The Bertz CT molecular complexity index is 175. The minimum atomic E-state index is -0.354. The summed E-state index contributed by atoms with van der Waals surface area (Å²) in [5.74, 6) is -0.291. The lowest BCUT2D eigenvalue weighted by Gasteiger charge is -2.18. The highest BCUT2D eigenvalue weighted by molar-refractivity contribution is 9.10. The highest BCUT2D eigenvalue weighted by Gasteiger charge is 2.16. The summed E-state index contributed by atoms with van der Waals surface area (Å²) in [4.78, 5) is 10.6. The summed E-state index contributed by atoms with van der Waals surface area (Å²) >= 11 is 3.18. The zero-order valence-corrected chi connectivity index (χ0v) is 10.9. The highest BCUT2D eigenvalue weighted by atomic mass is 79.9. The molecule has 0 aliphatic rings. The van der Waals surface area contributed by atoms with E-state index in [0.29, 0.717) is 13.2 Å². The Kier molecular flexibility index (Phi) is 6.36. The van der Waals surface area contributed by atoms with Crippen LogP contribution in [0.1, 0.15) is 27.2 Å². The number of alkyl halides is 1. The first kappa shape index (κ1) is 13.9. The van der Waals surface area contributed by atoms with Crippen molar-refractivity contribution in [3.05, 3.63) is 0 Å². The summed E-state index contributed by atoms with van der Waals surface area (Å²) in [6.45, 7) is 7.50. The Labute approximate surface area is 94.3 Å². The Morgan fingerprint density at radius 3 is 2.43 bits per heavy atom. The van der Waals surface area contributed by atoms with Gasteiger partial charge in [0.1, 0.15) is 4.83 Å². The summed E-state index contributed by atoms with van der Waals surface area (Å²) in [6, 6.07) is 0. The zero-order valence-electron chi connectivity index (χ0n) is 9.30. The smallest absolute Gasteiger partial charge is 0.321 e. The van der Waals surface area contributed by atoms with Crippen molar-refractivity contribution in [1.29, 1.82) is 0 Å². The molecule has 0 amide bonds. The molecule has 14 heavy (non-hydrogen) atoms. The average molecular weight is 267 g/mol. The number of rotatable bonds is 5. The molecular weight excluding hydrogens is 248 g/mol. The fraction of sp³-hybridized carbons (Fsp3) is 0.900. The molecule has 0 aliphatic heterocycles. The van der Waals surface area contributed by atoms with E-state index in [0.717, 1.165) is 6.42 Å². The number of ether oxygens (including phenoxy) is 2. The van der Waals surface area contributed by atoms with Gasteiger partial charge in [-0.25, -0.2) is 0 Å². The van der Waals surface area contributed by atoms with Crippen molar-refractivity contribution in [1.82, 2.24) is 0 Å². The van der Waals surface area contributed by atoms with E-state index in [4.69, 9.17) is 4.74 Å². The first-order chi connectivity index (χ1) is 6.37. The molecule has 0 spiro atoms. The Morgan fingerprint density at radius 1 is 1.43 bits per heavy atom. The van der Waals surface area contributed by atoms with E-state index < -0.39 is 0 Å². The fourth-order valence-electron chi connectivity index (χ4n) is 0.761. The monoisotopic (exact) mass is 266 g/mol. The number of carbonyl (C=O) groups excluding carboxylic acids is 1. The van der Waals surface area contributed by atoms with E-state index in [9.17, 15) is 4.79 Å². The molecule has 0 aromatic rings. The number of carbonyl (C=O) groups is 1. The van der Waals surface area contributed by atoms with Gasteiger partial charge in [0.25, 0.3) is 0 Å². The van der Waals surface area contributed by atoms with Crippen LogP contribution >= 0.6 is 15.9 Å². The number of hydrogen-bond acceptors (Lipinski definition) is 3. The van der Waals surface area contributed by atoms with E-state index in [1.54, 1.807) is 0 Å². The van der Waals surface area contributed by atoms with Crippen LogP contribution in [0.5, 0.6) is 0 Å². The molecule has 1 unspecified atom stereocenters. The molecule has 84 valence electrons. The molecule has 1 atom stereocenters. The molecule has 0 saturated heterocycles. The molecule has 0 fully saturated rings. The molecule has 0 radical (unpaired) electrons. The third-order valence-corrected chi connectivity index (χ3v) is 2.36. The largest absolute Gasteiger partial charge is 0.468 e. The topological polar surface area (TPSA) is 35.5 Å². The van der Waals surface area contributed by atoms with Crippen molar-refractivity contribution < 1.29 is 14.3 Å². The van der Waals surface area contributed by atoms with Crippen LogP contribution in [-0.2, 0) is 14.3 Å². The standard InChI is InChI=1S/C10H19BrO3/c1-10(2,3)5-6-14-7-8(11)9(12)13-4/h8H,5-7H2,1-4H3. The van der Waals surface area contributed by atoms with Gasteiger partial charge in [-0.1, -0.05) is 36.7 Å². The Morgan fingerprint density at radius 2 is 2.00 bits per heavy atom. The summed E-state index contributed by atoms with van der Waals surface area (Å²) in [5, 5.41) is 0. The van der Waals surface area contributed by atoms with Crippen molar-refractivity contribution >= 4 is 21.9 Å². The van der Waals surface area contributed by atoms with E-state index >= 15 is 0 Å². The maximum absolute atomic E-state index is 11.0. The molecule has 0 aliphatic carbocycles. The molecular formula is C10H19BrO3. The van der Waals surface area contributed by atoms with Crippen molar-refractivity contribution in [3.8, 4) is 0 Å². The summed E-state index contributed by atoms with van der Waals surface area (Å²) in [5.41, 5.74) is 0.271. The number of halogens is 1. The van der Waals surface area contributed by atoms with Gasteiger partial charge in [0.2, 0.25) is 0 Å². The van der Waals surface area contributed by atoms with Crippen LogP contribution < -0.4 is 0 Å². The van der Waals surface area contributed by atoms with Gasteiger partial charge in [-0.15, -0.1) is 0 Å². The predicted molar refractivity (Wildman–Crippen MR) is 59.6 cm³/mol. The molecule has 0 N–H and O–H groups in total. The minimum absolute atomic E-state index is 0.271. The molecule has 0 heterocycles. The van der Waals surface area contributed by atoms with Crippen LogP contribution in [0, 0.1) is 5.41 Å². The molecule has 0 aromatic heterocycles. The number of esters is 1. The first-order valence-electron chi connectivity index (χ1n) is 4.66. The third-order valence-electron chi connectivity index (χ3n) is 1.72. The SMILES string of the molecule is COC(=O)C(Br)COCCC(C)(C)C. The summed E-state index contributed by atoms with van der Waals surface area (Å²) < 4.78 is 9.89. The van der Waals surface area contributed by atoms with Crippen LogP contribution in [-0.4, -0.2) is 31.1 Å². The lowest BCUT2D eigenvalue weighted by molar-refractivity contribution is -0.140. The fourth-order valence-corrected chi connectivity index (χ4v) is 1.13. The number of hydrogen-bond donors (Lipinski definition) is 0. The Balaban J connectivity index is 3.50. The maximum atomic E-state index is 11.0. The summed E-state index contributed by atoms with van der Waals surface area (Å²) in [6.07, 6.45) is 0.980. The van der Waals surface area contributed by atoms with Gasteiger partial charge in [0, 0.05) is 6.61 Å². The Hall–Kier alpha value is -0.0900. The second-order valence-corrected chi connectivity index (χ2v) is 5.48. The van der Waals surface area contributed by atoms with Crippen molar-refractivity contribution in [2.75, 3.05) is 20.3 Å². The van der Waals surface area contributed by atoms with Crippen molar-refractivity contribution in [2.24, 2.45) is 5.41 Å². The molecule has 0 aromatic carbocycles. The highest BCUT2D eigenvalue weighted by Crippen LogP contribution is 2.18. The second kappa shape index (κ2) is 6.40. The van der Waals surface area contributed by atoms with E-state index in [2.05, 4.69) is 41.4 Å². The molecule has 0 rings (SSSR count). The van der Waals surface area contributed by atoms with Crippen LogP contribution in [0.15, 0.2) is 0 Å². The minimum Gasteiger partial charge on any atom is -0.468 e. The molecule has 0 bridgehead atoms. The second-order valence-electron chi connectivity index (χ2n) is 4.38. The van der Waals surface area contributed by atoms with Crippen LogP contribution in [0.3, 0.4) is 0 Å². The van der Waals surface area contributed by atoms with Gasteiger partial charge < -0.3 is 9.47 Å². The summed E-state index contributed by atoms with van der Waals surface area (Å²) in [7, 11) is 1.37. The van der Waals surface area contributed by atoms with Gasteiger partial charge in [-0.2, -0.15) is 0 Å². The zero-order chi connectivity index (χ0) is 11.2. The van der Waals surface area contributed by atoms with Gasteiger partial charge in [-0.3, -0.25) is 4.79 Å². The van der Waals surface area contributed by atoms with E-state index in [-0.39, 0.29) is 16.2 Å². The molecule has 4 heteroatoms. The van der Waals surface area contributed by atoms with Gasteiger partial charge in [0.15, 0.2) is 0 Å². The third kappa shape index (κ3) is 7.33. The quantitative estimate of drug-likeness (QED) is 0.436. The average Bonchev–Trinajstić information content (AvgIpc) is 2.09. The molecule has 0 saturated carbocycles. The first-order valence-corrected chi connectivity index (χ1v) is 5.58. The van der Waals surface area contributed by atoms with E-state index in [1.165, 1.54) is 7.11 Å². The van der Waals surface area contributed by atoms with E-state index in [1.807, 2.05) is 0 Å². The van der Waals surface area contributed by atoms with Crippen LogP contribution in [0.25, 0.3) is 0 Å².